The minimum absolute atomic E-state index is 0.0632. The first-order valence-corrected chi connectivity index (χ1v) is 9.90. The van der Waals surface area contributed by atoms with Crippen LogP contribution in [0.4, 0.5) is 5.69 Å². The van der Waals surface area contributed by atoms with E-state index in [1.165, 1.54) is 23.7 Å². The molecule has 0 aliphatic carbocycles. The number of imidazole rings is 2. The molecule has 0 spiro atoms. The molecule has 0 N–H and O–H groups in total. The van der Waals surface area contributed by atoms with Crippen molar-refractivity contribution in [3.8, 4) is 22.7 Å². The second kappa shape index (κ2) is 7.19. The summed E-state index contributed by atoms with van der Waals surface area (Å²) in [5.74, 6) is 0.974. The second-order valence-corrected chi connectivity index (χ2v) is 7.52. The molecule has 0 aliphatic heterocycles. The van der Waals surface area contributed by atoms with E-state index >= 15 is 0 Å². The summed E-state index contributed by atoms with van der Waals surface area (Å²) in [4.78, 5) is 40.9. The Morgan fingerprint density at radius 2 is 1.79 bits per heavy atom. The fourth-order valence-electron chi connectivity index (χ4n) is 3.96. The van der Waals surface area contributed by atoms with E-state index in [0.29, 0.717) is 28.5 Å². The maximum atomic E-state index is 13.0. The van der Waals surface area contributed by atoms with Crippen LogP contribution >= 0.6 is 0 Å². The number of fused-ring (bicyclic) bond motifs is 3. The Labute approximate surface area is 185 Å². The summed E-state index contributed by atoms with van der Waals surface area (Å²) in [6.45, 7) is 0. The molecule has 3 heterocycles. The van der Waals surface area contributed by atoms with E-state index in [-0.39, 0.29) is 16.9 Å². The van der Waals surface area contributed by atoms with E-state index in [1.54, 1.807) is 59.7 Å². The molecule has 2 aromatic carbocycles. The van der Waals surface area contributed by atoms with E-state index in [2.05, 4.69) is 4.98 Å². The molecule has 0 bridgehead atoms. The predicted octanol–water partition coefficient (Wildman–Crippen LogP) is 2.26. The van der Waals surface area contributed by atoms with Crippen molar-refractivity contribution in [1.82, 2.24) is 23.1 Å². The Morgan fingerprint density at radius 3 is 2.52 bits per heavy atom. The summed E-state index contributed by atoms with van der Waals surface area (Å²) in [6, 6.07) is 13.4. The monoisotopic (exact) mass is 446 g/mol. The highest BCUT2D eigenvalue weighted by atomic mass is 16.6. The van der Waals surface area contributed by atoms with Gasteiger partial charge < -0.3 is 4.74 Å². The van der Waals surface area contributed by atoms with Crippen LogP contribution in [0.5, 0.6) is 5.75 Å². The third kappa shape index (κ3) is 2.93. The molecule has 0 saturated heterocycles. The number of non-ortho nitro benzene ring substituents is 1. The van der Waals surface area contributed by atoms with Crippen LogP contribution in [-0.2, 0) is 14.1 Å². The summed E-state index contributed by atoms with van der Waals surface area (Å²) >= 11 is 0. The summed E-state index contributed by atoms with van der Waals surface area (Å²) in [5.41, 5.74) is 1.23. The summed E-state index contributed by atoms with van der Waals surface area (Å²) in [5, 5.41) is 11.4. The second-order valence-electron chi connectivity index (χ2n) is 7.52. The molecule has 0 radical (unpaired) electrons. The lowest BCUT2D eigenvalue weighted by Gasteiger charge is -2.10. The van der Waals surface area contributed by atoms with E-state index in [0.717, 1.165) is 4.57 Å². The first-order valence-electron chi connectivity index (χ1n) is 9.90. The van der Waals surface area contributed by atoms with Crippen molar-refractivity contribution in [3.05, 3.63) is 85.7 Å². The van der Waals surface area contributed by atoms with Crippen LogP contribution < -0.4 is 16.0 Å². The van der Waals surface area contributed by atoms with Crippen LogP contribution in [-0.4, -0.2) is 35.1 Å². The van der Waals surface area contributed by atoms with Crippen molar-refractivity contribution in [2.45, 2.75) is 0 Å². The first-order chi connectivity index (χ1) is 15.8. The number of aryl methyl sites for hydroxylation is 1. The molecule has 11 heteroatoms. The highest BCUT2D eigenvalue weighted by Gasteiger charge is 2.22. The minimum Gasteiger partial charge on any atom is -0.497 e. The number of nitrogens with zero attached hydrogens (tertiary/aromatic N) is 6. The standard InChI is InChI=1S/C22H18N6O5/c1-24-19-18(20(29)25(2)22(24)30)26-12-17(13-6-4-8-15(10-13)28(31)32)27(21(26)23-19)14-7-5-9-16(11-14)33-3/h4-12H,1-3H3. The average Bonchev–Trinajstić information content (AvgIpc) is 3.38. The molecule has 0 amide bonds. The number of aromatic nitrogens is 5. The molecule has 166 valence electrons. The Balaban J connectivity index is 1.94. The SMILES string of the molecule is COc1cccc(-n2c(-c3cccc([N+](=O)[O-])c3)cn3c4c(=O)n(C)c(=O)n(C)c4nc23)c1. The average molecular weight is 446 g/mol. The van der Waals surface area contributed by atoms with E-state index in [9.17, 15) is 19.7 Å². The Bertz CT molecular complexity index is 1700. The van der Waals surface area contributed by atoms with Gasteiger partial charge in [0.2, 0.25) is 5.78 Å². The smallest absolute Gasteiger partial charge is 0.332 e. The quantitative estimate of drug-likeness (QED) is 0.309. The Hall–Kier alpha value is -4.67. The van der Waals surface area contributed by atoms with Crippen molar-refractivity contribution < 1.29 is 9.66 Å². The van der Waals surface area contributed by atoms with Gasteiger partial charge in [0.05, 0.1) is 23.4 Å². The van der Waals surface area contributed by atoms with Gasteiger partial charge in [0.1, 0.15) is 5.75 Å². The summed E-state index contributed by atoms with van der Waals surface area (Å²) in [7, 11) is 4.51. The number of hydrogen-bond donors (Lipinski definition) is 0. The fraction of sp³-hybridized carbons (Fsp3) is 0.136. The van der Waals surface area contributed by atoms with E-state index < -0.39 is 16.2 Å². The zero-order valence-electron chi connectivity index (χ0n) is 17.9. The number of nitro benzene ring substituents is 1. The molecule has 0 saturated carbocycles. The number of hydrogen-bond acceptors (Lipinski definition) is 6. The van der Waals surface area contributed by atoms with Gasteiger partial charge in [-0.3, -0.25) is 33.0 Å². The lowest BCUT2D eigenvalue weighted by Crippen LogP contribution is -2.37. The van der Waals surface area contributed by atoms with Gasteiger partial charge in [0.15, 0.2) is 11.2 Å². The van der Waals surface area contributed by atoms with Crippen molar-refractivity contribution in [2.75, 3.05) is 7.11 Å². The van der Waals surface area contributed by atoms with Crippen LogP contribution in [0.1, 0.15) is 0 Å². The number of benzene rings is 2. The van der Waals surface area contributed by atoms with Gasteiger partial charge in [-0.25, -0.2) is 4.79 Å². The normalized spacial score (nSPS) is 11.4. The number of nitro groups is 1. The van der Waals surface area contributed by atoms with Gasteiger partial charge in [-0.15, -0.1) is 0 Å². The zero-order valence-corrected chi connectivity index (χ0v) is 17.9. The van der Waals surface area contributed by atoms with Gasteiger partial charge in [-0.1, -0.05) is 18.2 Å². The lowest BCUT2D eigenvalue weighted by molar-refractivity contribution is -0.384. The molecule has 0 aliphatic rings. The third-order valence-electron chi connectivity index (χ3n) is 5.63. The maximum Gasteiger partial charge on any atom is 0.332 e. The molecule has 3 aromatic heterocycles. The molecule has 0 atom stereocenters. The molecule has 0 unspecified atom stereocenters. The van der Waals surface area contributed by atoms with Crippen molar-refractivity contribution in [3.63, 3.8) is 0 Å². The van der Waals surface area contributed by atoms with Crippen LogP contribution in [0.3, 0.4) is 0 Å². The van der Waals surface area contributed by atoms with Gasteiger partial charge in [-0.2, -0.15) is 4.98 Å². The largest absolute Gasteiger partial charge is 0.497 e. The van der Waals surface area contributed by atoms with Gasteiger partial charge >= 0.3 is 5.69 Å². The highest BCUT2D eigenvalue weighted by Crippen LogP contribution is 2.31. The van der Waals surface area contributed by atoms with Crippen LogP contribution in [0, 0.1) is 10.1 Å². The van der Waals surface area contributed by atoms with Gasteiger partial charge in [-0.05, 0) is 12.1 Å². The maximum absolute atomic E-state index is 13.0. The molecule has 11 nitrogen and oxygen atoms in total. The molecule has 5 rings (SSSR count). The molecular formula is C22H18N6O5. The molecule has 5 aromatic rings. The van der Waals surface area contributed by atoms with Crippen LogP contribution in [0.25, 0.3) is 33.9 Å². The Morgan fingerprint density at radius 1 is 1.03 bits per heavy atom. The van der Waals surface area contributed by atoms with Crippen molar-refractivity contribution in [2.24, 2.45) is 14.1 Å². The summed E-state index contributed by atoms with van der Waals surface area (Å²) < 4.78 is 11.1. The third-order valence-corrected chi connectivity index (χ3v) is 5.63. The van der Waals surface area contributed by atoms with Crippen molar-refractivity contribution >= 4 is 22.6 Å². The molecule has 33 heavy (non-hydrogen) atoms. The van der Waals surface area contributed by atoms with E-state index in [4.69, 9.17) is 4.74 Å². The number of methoxy groups -OCH3 is 1. The zero-order chi connectivity index (χ0) is 23.4. The Kier molecular flexibility index (Phi) is 4.41. The van der Waals surface area contributed by atoms with Crippen LogP contribution in [0.15, 0.2) is 64.3 Å². The first kappa shape index (κ1) is 20.2. The van der Waals surface area contributed by atoms with Gasteiger partial charge in [0.25, 0.3) is 11.2 Å². The molecule has 0 fully saturated rings. The van der Waals surface area contributed by atoms with E-state index in [1.807, 2.05) is 6.07 Å². The highest BCUT2D eigenvalue weighted by molar-refractivity contribution is 5.80. The van der Waals surface area contributed by atoms with Crippen molar-refractivity contribution in [1.29, 1.82) is 0 Å². The fourth-order valence-corrected chi connectivity index (χ4v) is 3.96. The number of rotatable bonds is 4. The minimum atomic E-state index is -0.492. The topological polar surface area (TPSA) is 119 Å². The molecular weight excluding hydrogens is 428 g/mol. The van der Waals surface area contributed by atoms with Crippen LogP contribution in [0.2, 0.25) is 0 Å². The number of ether oxygens (including phenoxy) is 1. The van der Waals surface area contributed by atoms with Gasteiger partial charge in [0, 0.05) is 44.1 Å². The predicted molar refractivity (Wildman–Crippen MR) is 121 cm³/mol. The summed E-state index contributed by atoms with van der Waals surface area (Å²) in [6.07, 6.45) is 1.69. The lowest BCUT2D eigenvalue weighted by atomic mass is 10.1.